The third-order valence-electron chi connectivity index (χ3n) is 5.16. The number of nitrogens with two attached hydrogens (primary N) is 1. The molecule has 0 aliphatic carbocycles. The molecule has 3 amide bonds. The highest BCUT2D eigenvalue weighted by Crippen LogP contribution is 2.21. The van der Waals surface area contributed by atoms with E-state index < -0.39 is 0 Å². The van der Waals surface area contributed by atoms with Crippen LogP contribution in [-0.4, -0.2) is 36.5 Å². The average Bonchev–Trinajstić information content (AvgIpc) is 2.70. The zero-order valence-electron chi connectivity index (χ0n) is 16.5. The van der Waals surface area contributed by atoms with E-state index in [1.807, 2.05) is 55.1 Å². The summed E-state index contributed by atoms with van der Waals surface area (Å²) in [7, 11) is 0. The number of hydrogen-bond acceptors (Lipinski definition) is 3. The van der Waals surface area contributed by atoms with E-state index in [0.717, 1.165) is 36.2 Å². The summed E-state index contributed by atoms with van der Waals surface area (Å²) < 4.78 is 0. The SMILES string of the molecule is Cc1ccc(NC(=O)NCC2CCCN(C(=O)c3cc(N)ccc3C)C2)cc1. The molecule has 1 saturated heterocycles. The lowest BCUT2D eigenvalue weighted by Crippen LogP contribution is -2.44. The van der Waals surface area contributed by atoms with Crippen molar-refractivity contribution in [3.8, 4) is 0 Å². The number of piperidine rings is 1. The Morgan fingerprint density at radius 1 is 1.14 bits per heavy atom. The molecule has 3 rings (SSSR count). The molecule has 148 valence electrons. The molecule has 28 heavy (non-hydrogen) atoms. The molecule has 1 aliphatic heterocycles. The highest BCUT2D eigenvalue weighted by atomic mass is 16.2. The summed E-state index contributed by atoms with van der Waals surface area (Å²) in [5.41, 5.74) is 9.94. The summed E-state index contributed by atoms with van der Waals surface area (Å²) in [5.74, 6) is 0.251. The third kappa shape index (κ3) is 5.03. The summed E-state index contributed by atoms with van der Waals surface area (Å²) in [6, 6.07) is 12.9. The number of hydrogen-bond donors (Lipinski definition) is 3. The fourth-order valence-electron chi connectivity index (χ4n) is 3.51. The molecule has 0 spiro atoms. The molecule has 6 nitrogen and oxygen atoms in total. The Labute approximate surface area is 166 Å². The molecule has 1 heterocycles. The standard InChI is InChI=1S/C22H28N4O2/c1-15-5-9-19(10-6-15)25-22(28)24-13-17-4-3-11-26(14-17)21(27)20-12-18(23)8-7-16(20)2/h5-10,12,17H,3-4,11,13-14,23H2,1-2H3,(H2,24,25,28). The van der Waals surface area contributed by atoms with Crippen molar-refractivity contribution in [2.24, 2.45) is 5.92 Å². The first-order chi connectivity index (χ1) is 13.4. The predicted molar refractivity (Wildman–Crippen MR) is 112 cm³/mol. The smallest absolute Gasteiger partial charge is 0.319 e. The quantitative estimate of drug-likeness (QED) is 0.709. The van der Waals surface area contributed by atoms with Crippen LogP contribution >= 0.6 is 0 Å². The zero-order chi connectivity index (χ0) is 20.1. The second-order valence-corrected chi connectivity index (χ2v) is 7.53. The highest BCUT2D eigenvalue weighted by molar-refractivity contribution is 5.96. The minimum atomic E-state index is -0.223. The van der Waals surface area contributed by atoms with Crippen molar-refractivity contribution in [3.05, 3.63) is 59.2 Å². The number of carbonyl (C=O) groups excluding carboxylic acids is 2. The fourth-order valence-corrected chi connectivity index (χ4v) is 3.51. The summed E-state index contributed by atoms with van der Waals surface area (Å²) in [5, 5.41) is 5.76. The predicted octanol–water partition coefficient (Wildman–Crippen LogP) is 3.56. The van der Waals surface area contributed by atoms with E-state index in [-0.39, 0.29) is 17.9 Å². The van der Waals surface area contributed by atoms with Crippen molar-refractivity contribution >= 4 is 23.3 Å². The summed E-state index contributed by atoms with van der Waals surface area (Å²) in [4.78, 5) is 26.9. The van der Waals surface area contributed by atoms with Gasteiger partial charge in [0.05, 0.1) is 0 Å². The van der Waals surface area contributed by atoms with Crippen LogP contribution < -0.4 is 16.4 Å². The van der Waals surface area contributed by atoms with Crippen LogP contribution in [0.1, 0.15) is 34.3 Å². The van der Waals surface area contributed by atoms with E-state index in [4.69, 9.17) is 5.73 Å². The van der Waals surface area contributed by atoms with Gasteiger partial charge in [-0.2, -0.15) is 0 Å². The first-order valence-corrected chi connectivity index (χ1v) is 9.69. The number of amides is 3. The van der Waals surface area contributed by atoms with Crippen molar-refractivity contribution < 1.29 is 9.59 Å². The van der Waals surface area contributed by atoms with Crippen molar-refractivity contribution in [1.29, 1.82) is 0 Å². The van der Waals surface area contributed by atoms with Gasteiger partial charge in [-0.05, 0) is 62.4 Å². The molecule has 1 atom stereocenters. The van der Waals surface area contributed by atoms with Crippen LogP contribution in [0.4, 0.5) is 16.2 Å². The number of nitrogen functional groups attached to an aromatic ring is 1. The van der Waals surface area contributed by atoms with E-state index >= 15 is 0 Å². The van der Waals surface area contributed by atoms with Gasteiger partial charge in [-0.1, -0.05) is 23.8 Å². The molecular weight excluding hydrogens is 352 g/mol. The van der Waals surface area contributed by atoms with Gasteiger partial charge in [-0.15, -0.1) is 0 Å². The Bertz CT molecular complexity index is 848. The molecule has 1 aliphatic rings. The minimum Gasteiger partial charge on any atom is -0.399 e. The fraction of sp³-hybridized carbons (Fsp3) is 0.364. The zero-order valence-corrected chi connectivity index (χ0v) is 16.5. The molecule has 0 bridgehead atoms. The summed E-state index contributed by atoms with van der Waals surface area (Å²) in [6.45, 7) is 5.84. The number of aryl methyl sites for hydroxylation is 2. The lowest BCUT2D eigenvalue weighted by Gasteiger charge is -2.33. The van der Waals surface area contributed by atoms with Crippen LogP contribution in [0.2, 0.25) is 0 Å². The maximum Gasteiger partial charge on any atom is 0.319 e. The van der Waals surface area contributed by atoms with Gasteiger partial charge >= 0.3 is 6.03 Å². The van der Waals surface area contributed by atoms with Gasteiger partial charge in [-0.25, -0.2) is 4.79 Å². The molecule has 4 N–H and O–H groups in total. The molecule has 1 unspecified atom stereocenters. The molecule has 2 aromatic carbocycles. The average molecular weight is 380 g/mol. The van der Waals surface area contributed by atoms with E-state index in [0.29, 0.717) is 24.3 Å². The number of nitrogens with one attached hydrogen (secondary N) is 2. The maximum absolute atomic E-state index is 12.9. The number of rotatable bonds is 4. The van der Waals surface area contributed by atoms with Gasteiger partial charge in [-0.3, -0.25) is 4.79 Å². The largest absolute Gasteiger partial charge is 0.399 e. The summed E-state index contributed by atoms with van der Waals surface area (Å²) >= 11 is 0. The lowest BCUT2D eigenvalue weighted by molar-refractivity contribution is 0.0674. The van der Waals surface area contributed by atoms with E-state index in [1.165, 1.54) is 0 Å². The Kier molecular flexibility index (Phi) is 6.19. The third-order valence-corrected chi connectivity index (χ3v) is 5.16. The maximum atomic E-state index is 12.9. The highest BCUT2D eigenvalue weighted by Gasteiger charge is 2.25. The van der Waals surface area contributed by atoms with Crippen LogP contribution in [0.5, 0.6) is 0 Å². The Hall–Kier alpha value is -3.02. The molecule has 0 radical (unpaired) electrons. The van der Waals surface area contributed by atoms with Gasteiger partial charge in [0.2, 0.25) is 0 Å². The van der Waals surface area contributed by atoms with Crippen molar-refractivity contribution in [1.82, 2.24) is 10.2 Å². The first kappa shape index (κ1) is 19.7. The van der Waals surface area contributed by atoms with Gasteiger partial charge in [0, 0.05) is 36.6 Å². The first-order valence-electron chi connectivity index (χ1n) is 9.69. The normalized spacial score (nSPS) is 16.5. The second-order valence-electron chi connectivity index (χ2n) is 7.53. The van der Waals surface area contributed by atoms with Crippen molar-refractivity contribution in [3.63, 3.8) is 0 Å². The molecule has 0 aromatic heterocycles. The lowest BCUT2D eigenvalue weighted by atomic mass is 9.96. The minimum absolute atomic E-state index is 0.0126. The Morgan fingerprint density at radius 2 is 1.89 bits per heavy atom. The Morgan fingerprint density at radius 3 is 2.64 bits per heavy atom. The van der Waals surface area contributed by atoms with E-state index in [2.05, 4.69) is 10.6 Å². The van der Waals surface area contributed by atoms with Gasteiger partial charge in [0.15, 0.2) is 0 Å². The molecule has 1 fully saturated rings. The van der Waals surface area contributed by atoms with Crippen molar-refractivity contribution in [2.45, 2.75) is 26.7 Å². The van der Waals surface area contributed by atoms with Gasteiger partial charge in [0.1, 0.15) is 0 Å². The molecule has 0 saturated carbocycles. The second kappa shape index (κ2) is 8.78. The number of carbonyl (C=O) groups is 2. The summed E-state index contributed by atoms with van der Waals surface area (Å²) in [6.07, 6.45) is 1.92. The number of likely N-dealkylation sites (tertiary alicyclic amines) is 1. The van der Waals surface area contributed by atoms with Crippen LogP contribution in [0.3, 0.4) is 0 Å². The monoisotopic (exact) mass is 380 g/mol. The van der Waals surface area contributed by atoms with Gasteiger partial charge in [0.25, 0.3) is 5.91 Å². The number of anilines is 2. The number of benzene rings is 2. The molecular formula is C22H28N4O2. The van der Waals surface area contributed by atoms with Crippen molar-refractivity contribution in [2.75, 3.05) is 30.7 Å². The van der Waals surface area contributed by atoms with Crippen LogP contribution in [0.25, 0.3) is 0 Å². The van der Waals surface area contributed by atoms with Crippen LogP contribution in [0, 0.1) is 19.8 Å². The van der Waals surface area contributed by atoms with E-state index in [1.54, 1.807) is 6.07 Å². The Balaban J connectivity index is 1.53. The van der Waals surface area contributed by atoms with Crippen LogP contribution in [-0.2, 0) is 0 Å². The van der Waals surface area contributed by atoms with Gasteiger partial charge < -0.3 is 21.3 Å². The topological polar surface area (TPSA) is 87.5 Å². The molecule has 2 aromatic rings. The number of nitrogens with zero attached hydrogens (tertiary/aromatic N) is 1. The molecule has 6 heteroatoms. The number of urea groups is 1. The van der Waals surface area contributed by atoms with Crippen LogP contribution in [0.15, 0.2) is 42.5 Å². The van der Waals surface area contributed by atoms with E-state index in [9.17, 15) is 9.59 Å².